The maximum absolute atomic E-state index is 12.5. The average Bonchev–Trinajstić information content (AvgIpc) is 3.10. The van der Waals surface area contributed by atoms with E-state index in [1.165, 1.54) is 35.7 Å². The number of methoxy groups -OCH3 is 1. The number of rotatable bonds is 7. The van der Waals surface area contributed by atoms with Crippen molar-refractivity contribution in [3.05, 3.63) is 46.2 Å². The van der Waals surface area contributed by atoms with Gasteiger partial charge in [-0.1, -0.05) is 13.8 Å². The smallest absolute Gasteiger partial charge is 0.350 e. The lowest BCUT2D eigenvalue weighted by atomic mass is 10.2. The number of esters is 1. The SMILES string of the molecule is CCN(CC)S(=O)(=O)c1ccc(C(=O)Nc2ccsc2C(=O)OC)cc1. The summed E-state index contributed by atoms with van der Waals surface area (Å²) >= 11 is 1.16. The molecule has 7 nitrogen and oxygen atoms in total. The zero-order valence-corrected chi connectivity index (χ0v) is 16.3. The highest BCUT2D eigenvalue weighted by Gasteiger charge is 2.22. The number of nitrogens with zero attached hydrogens (tertiary/aromatic N) is 1. The van der Waals surface area contributed by atoms with Gasteiger partial charge in [-0.25, -0.2) is 13.2 Å². The molecule has 1 heterocycles. The topological polar surface area (TPSA) is 92.8 Å². The molecular formula is C17H20N2O5S2. The Morgan fingerprint density at radius 3 is 2.27 bits per heavy atom. The first-order chi connectivity index (χ1) is 12.3. The minimum Gasteiger partial charge on any atom is -0.465 e. The lowest BCUT2D eigenvalue weighted by Crippen LogP contribution is -2.30. The zero-order valence-electron chi connectivity index (χ0n) is 14.7. The second kappa shape index (κ2) is 8.43. The van der Waals surface area contributed by atoms with Gasteiger partial charge >= 0.3 is 5.97 Å². The van der Waals surface area contributed by atoms with Crippen molar-refractivity contribution < 1.29 is 22.7 Å². The molecule has 0 atom stereocenters. The number of anilines is 1. The Hall–Kier alpha value is -2.23. The van der Waals surface area contributed by atoms with E-state index in [1.807, 2.05) is 0 Å². The molecule has 0 fully saturated rings. The molecule has 0 unspecified atom stereocenters. The fourth-order valence-electron chi connectivity index (χ4n) is 2.34. The van der Waals surface area contributed by atoms with Crippen molar-refractivity contribution in [1.82, 2.24) is 4.31 Å². The Balaban J connectivity index is 2.20. The number of carbonyl (C=O) groups excluding carboxylic acids is 2. The van der Waals surface area contributed by atoms with Gasteiger partial charge in [0.2, 0.25) is 10.0 Å². The number of sulfonamides is 1. The van der Waals surface area contributed by atoms with Gasteiger partial charge in [-0.2, -0.15) is 4.31 Å². The molecule has 2 rings (SSSR count). The van der Waals surface area contributed by atoms with E-state index in [0.29, 0.717) is 23.7 Å². The molecule has 1 aromatic carbocycles. The van der Waals surface area contributed by atoms with Gasteiger partial charge in [0.25, 0.3) is 5.91 Å². The molecule has 26 heavy (non-hydrogen) atoms. The van der Waals surface area contributed by atoms with E-state index < -0.39 is 21.9 Å². The summed E-state index contributed by atoms with van der Waals surface area (Å²) in [6, 6.07) is 7.29. The number of thiophene rings is 1. The molecule has 0 aliphatic heterocycles. The maximum atomic E-state index is 12.5. The molecule has 0 bridgehead atoms. The predicted octanol–water partition coefficient (Wildman–Crippen LogP) is 2.82. The van der Waals surface area contributed by atoms with Crippen LogP contribution in [0.25, 0.3) is 0 Å². The first kappa shape index (κ1) is 20.1. The first-order valence-corrected chi connectivity index (χ1v) is 10.2. The molecule has 1 aromatic heterocycles. The number of nitrogens with one attached hydrogen (secondary N) is 1. The molecule has 1 N–H and O–H groups in total. The summed E-state index contributed by atoms with van der Waals surface area (Å²) in [6.07, 6.45) is 0. The third-order valence-corrected chi connectivity index (χ3v) is 6.70. The van der Waals surface area contributed by atoms with Crippen LogP contribution in [0.15, 0.2) is 40.6 Å². The van der Waals surface area contributed by atoms with Crippen molar-refractivity contribution >= 4 is 38.9 Å². The van der Waals surface area contributed by atoms with E-state index >= 15 is 0 Å². The van der Waals surface area contributed by atoms with Crippen LogP contribution in [0.2, 0.25) is 0 Å². The van der Waals surface area contributed by atoms with Crippen LogP contribution in [-0.2, 0) is 14.8 Å². The van der Waals surface area contributed by atoms with Gasteiger partial charge in [0.1, 0.15) is 4.88 Å². The lowest BCUT2D eigenvalue weighted by Gasteiger charge is -2.18. The fourth-order valence-corrected chi connectivity index (χ4v) is 4.57. The summed E-state index contributed by atoms with van der Waals surface area (Å²) in [4.78, 5) is 24.4. The van der Waals surface area contributed by atoms with Crippen LogP contribution in [0.3, 0.4) is 0 Å². The second-order valence-electron chi connectivity index (χ2n) is 5.22. The van der Waals surface area contributed by atoms with Gasteiger partial charge < -0.3 is 10.1 Å². The van der Waals surface area contributed by atoms with Crippen LogP contribution in [0.5, 0.6) is 0 Å². The van der Waals surface area contributed by atoms with Gasteiger partial charge in [-0.3, -0.25) is 4.79 Å². The molecule has 2 aromatic rings. The minimum absolute atomic E-state index is 0.128. The summed E-state index contributed by atoms with van der Waals surface area (Å²) in [5.41, 5.74) is 0.636. The summed E-state index contributed by atoms with van der Waals surface area (Å²) in [5, 5.41) is 4.30. The number of carbonyl (C=O) groups is 2. The summed E-state index contributed by atoms with van der Waals surface area (Å²) in [6.45, 7) is 4.27. The highest BCUT2D eigenvalue weighted by molar-refractivity contribution is 7.89. The van der Waals surface area contributed by atoms with E-state index in [4.69, 9.17) is 0 Å². The van der Waals surface area contributed by atoms with Crippen molar-refractivity contribution in [2.24, 2.45) is 0 Å². The van der Waals surface area contributed by atoms with Gasteiger partial charge in [-0.05, 0) is 35.7 Å². The van der Waals surface area contributed by atoms with Crippen molar-refractivity contribution in [2.75, 3.05) is 25.5 Å². The number of hydrogen-bond donors (Lipinski definition) is 1. The monoisotopic (exact) mass is 396 g/mol. The normalized spacial score (nSPS) is 11.4. The van der Waals surface area contributed by atoms with Crippen LogP contribution in [0.1, 0.15) is 33.9 Å². The number of amides is 1. The highest BCUT2D eigenvalue weighted by atomic mass is 32.2. The summed E-state index contributed by atoms with van der Waals surface area (Å²) in [5.74, 6) is -0.976. The third kappa shape index (κ3) is 4.12. The predicted molar refractivity (Wildman–Crippen MR) is 100 cm³/mol. The Bertz CT molecular complexity index is 884. The average molecular weight is 396 g/mol. The maximum Gasteiger partial charge on any atom is 0.350 e. The Labute approximate surface area is 156 Å². The molecule has 140 valence electrons. The molecule has 0 spiro atoms. The molecule has 0 saturated carbocycles. The van der Waals surface area contributed by atoms with E-state index in [2.05, 4.69) is 10.1 Å². The lowest BCUT2D eigenvalue weighted by molar-refractivity contribution is 0.0607. The fraction of sp³-hybridized carbons (Fsp3) is 0.294. The van der Waals surface area contributed by atoms with Crippen molar-refractivity contribution in [2.45, 2.75) is 18.7 Å². The summed E-state index contributed by atoms with van der Waals surface area (Å²) < 4.78 is 30.9. The highest BCUT2D eigenvalue weighted by Crippen LogP contribution is 2.24. The van der Waals surface area contributed by atoms with Crippen LogP contribution in [0, 0.1) is 0 Å². The second-order valence-corrected chi connectivity index (χ2v) is 8.08. The van der Waals surface area contributed by atoms with E-state index in [-0.39, 0.29) is 10.5 Å². The molecule has 0 aliphatic carbocycles. The number of benzene rings is 1. The minimum atomic E-state index is -3.57. The van der Waals surface area contributed by atoms with Crippen LogP contribution in [-0.4, -0.2) is 44.8 Å². The first-order valence-electron chi connectivity index (χ1n) is 7.92. The van der Waals surface area contributed by atoms with Crippen LogP contribution < -0.4 is 5.32 Å². The Morgan fingerprint density at radius 2 is 1.73 bits per heavy atom. The van der Waals surface area contributed by atoms with E-state index in [0.717, 1.165) is 11.3 Å². The molecule has 0 saturated heterocycles. The van der Waals surface area contributed by atoms with E-state index in [9.17, 15) is 18.0 Å². The largest absolute Gasteiger partial charge is 0.465 e. The zero-order chi connectivity index (χ0) is 19.3. The van der Waals surface area contributed by atoms with Crippen molar-refractivity contribution in [3.8, 4) is 0 Å². The van der Waals surface area contributed by atoms with Gasteiger partial charge in [0, 0.05) is 18.7 Å². The number of hydrogen-bond acceptors (Lipinski definition) is 6. The number of ether oxygens (including phenoxy) is 1. The van der Waals surface area contributed by atoms with Crippen LogP contribution in [0.4, 0.5) is 5.69 Å². The van der Waals surface area contributed by atoms with Crippen molar-refractivity contribution in [1.29, 1.82) is 0 Å². The van der Waals surface area contributed by atoms with Gasteiger partial charge in [-0.15, -0.1) is 11.3 Å². The Morgan fingerprint density at radius 1 is 1.12 bits per heavy atom. The van der Waals surface area contributed by atoms with Gasteiger partial charge in [0.05, 0.1) is 17.7 Å². The van der Waals surface area contributed by atoms with Crippen molar-refractivity contribution in [3.63, 3.8) is 0 Å². The molecule has 9 heteroatoms. The Kier molecular flexibility index (Phi) is 6.52. The molecular weight excluding hydrogens is 376 g/mol. The third-order valence-electron chi connectivity index (χ3n) is 3.74. The quantitative estimate of drug-likeness (QED) is 0.727. The van der Waals surface area contributed by atoms with Crippen LogP contribution >= 0.6 is 11.3 Å². The van der Waals surface area contributed by atoms with Gasteiger partial charge in [0.15, 0.2) is 0 Å². The van der Waals surface area contributed by atoms with E-state index in [1.54, 1.807) is 25.3 Å². The standard InChI is InChI=1S/C17H20N2O5S2/c1-4-19(5-2)26(22,23)13-8-6-12(7-9-13)16(20)18-14-10-11-25-15(14)17(21)24-3/h6-11H,4-5H2,1-3H3,(H,18,20). The molecule has 0 aliphatic rings. The summed E-state index contributed by atoms with van der Waals surface area (Å²) in [7, 11) is -2.31. The molecule has 1 amide bonds. The molecule has 0 radical (unpaired) electrons.